The Hall–Kier alpha value is -2.51. The normalized spacial score (nSPS) is 18.2. The summed E-state index contributed by atoms with van der Waals surface area (Å²) in [5.74, 6) is -1.65. The molecule has 13 heteroatoms. The van der Waals surface area contributed by atoms with Crippen LogP contribution >= 0.6 is 0 Å². The minimum atomic E-state index is -4.55. The lowest BCUT2D eigenvalue weighted by Crippen LogP contribution is -2.53. The largest absolute Gasteiger partial charge is 0.433 e. The number of rotatable bonds is 10. The van der Waals surface area contributed by atoms with Crippen LogP contribution in [0, 0.1) is 5.92 Å². The highest BCUT2D eigenvalue weighted by Gasteiger charge is 2.38. The molecule has 1 aliphatic carbocycles. The number of anilines is 2. The van der Waals surface area contributed by atoms with Gasteiger partial charge in [0.2, 0.25) is 5.91 Å². The Morgan fingerprint density at radius 1 is 1.32 bits per heavy atom. The predicted octanol–water partition coefficient (Wildman–Crippen LogP) is 2.58. The van der Waals surface area contributed by atoms with Crippen LogP contribution in [-0.2, 0) is 14.3 Å². The highest BCUT2D eigenvalue weighted by atomic mass is 19.4. The topological polar surface area (TPSA) is 97.1 Å². The number of benzene rings is 1. The van der Waals surface area contributed by atoms with Gasteiger partial charge in [-0.25, -0.2) is 0 Å². The zero-order chi connectivity index (χ0) is 24.9. The van der Waals surface area contributed by atoms with Crippen molar-refractivity contribution in [1.82, 2.24) is 4.90 Å². The minimum Gasteiger partial charge on any atom is -0.433 e. The molecule has 3 N–H and O–H groups in total. The van der Waals surface area contributed by atoms with Crippen LogP contribution in [-0.4, -0.2) is 74.9 Å². The first-order valence-corrected chi connectivity index (χ1v) is 10.9. The van der Waals surface area contributed by atoms with Crippen molar-refractivity contribution < 1.29 is 41.0 Å². The lowest BCUT2D eigenvalue weighted by molar-refractivity contribution is -0.155. The van der Waals surface area contributed by atoms with Gasteiger partial charge in [-0.15, -0.1) is 0 Å². The Morgan fingerprint density at radius 3 is 2.62 bits per heavy atom. The Morgan fingerprint density at radius 2 is 2.06 bits per heavy atom. The molecule has 8 nitrogen and oxygen atoms in total. The van der Waals surface area contributed by atoms with Gasteiger partial charge in [-0.1, -0.05) is 6.42 Å². The van der Waals surface area contributed by atoms with E-state index in [4.69, 9.17) is 10.5 Å². The van der Waals surface area contributed by atoms with Crippen LogP contribution in [0.3, 0.4) is 0 Å². The molecule has 34 heavy (non-hydrogen) atoms. The molecule has 1 aromatic rings. The summed E-state index contributed by atoms with van der Waals surface area (Å²) in [6.45, 7) is -4.63. The van der Waals surface area contributed by atoms with E-state index in [9.17, 15) is 31.5 Å². The van der Waals surface area contributed by atoms with Gasteiger partial charge in [0.25, 0.3) is 5.91 Å². The first-order valence-electron chi connectivity index (χ1n) is 10.9. The third-order valence-electron chi connectivity index (χ3n) is 5.80. The maximum atomic E-state index is 13.2. The Bertz CT molecular complexity index is 866. The number of nitrogens with zero attached hydrogens (tertiary/aromatic N) is 2. The molecule has 190 valence electrons. The van der Waals surface area contributed by atoms with Crippen molar-refractivity contribution in [3.8, 4) is 5.75 Å². The van der Waals surface area contributed by atoms with E-state index in [-0.39, 0.29) is 49.5 Å². The molecule has 0 unspecified atom stereocenters. The van der Waals surface area contributed by atoms with Gasteiger partial charge >= 0.3 is 12.8 Å². The van der Waals surface area contributed by atoms with Gasteiger partial charge in [0.05, 0.1) is 18.8 Å². The molecule has 1 atom stereocenters. The Balaban J connectivity index is 1.81. The molecular weight excluding hydrogens is 467 g/mol. The summed E-state index contributed by atoms with van der Waals surface area (Å²) in [7, 11) is 0. The zero-order valence-electron chi connectivity index (χ0n) is 18.3. The van der Waals surface area contributed by atoms with E-state index < -0.39 is 43.6 Å². The average molecular weight is 494 g/mol. The van der Waals surface area contributed by atoms with Crippen molar-refractivity contribution in [3.05, 3.63) is 18.2 Å². The minimum absolute atomic E-state index is 0.0345. The molecule has 0 radical (unpaired) electrons. The first kappa shape index (κ1) is 26.1. The summed E-state index contributed by atoms with van der Waals surface area (Å²) < 4.78 is 75.1. The second-order valence-corrected chi connectivity index (χ2v) is 8.24. The maximum absolute atomic E-state index is 13.2. The molecule has 2 fully saturated rings. The summed E-state index contributed by atoms with van der Waals surface area (Å²) in [4.78, 5) is 27.3. The average Bonchev–Trinajstić information content (AvgIpc) is 2.71. The van der Waals surface area contributed by atoms with Crippen molar-refractivity contribution in [2.24, 2.45) is 11.7 Å². The highest BCUT2D eigenvalue weighted by Crippen LogP contribution is 2.33. The molecule has 3 rings (SSSR count). The SMILES string of the molecule is NC[C@H](C(=O)Nc1ccc(N2CCOCC2=O)cc1OC(F)F)N(CC1CCC1)CC(F)(F)F. The number of carbonyl (C=O) groups excluding carboxylic acids is 2. The second kappa shape index (κ2) is 11.3. The van der Waals surface area contributed by atoms with Gasteiger partial charge < -0.3 is 25.4 Å². The number of morpholine rings is 1. The third-order valence-corrected chi connectivity index (χ3v) is 5.80. The molecule has 1 aromatic carbocycles. The number of hydrogen-bond donors (Lipinski definition) is 2. The summed E-state index contributed by atoms with van der Waals surface area (Å²) in [6, 6.07) is 2.49. The van der Waals surface area contributed by atoms with Crippen molar-refractivity contribution in [3.63, 3.8) is 0 Å². The number of alkyl halides is 5. The lowest BCUT2D eigenvalue weighted by atomic mass is 9.85. The fourth-order valence-corrected chi connectivity index (χ4v) is 3.94. The van der Waals surface area contributed by atoms with E-state index in [1.54, 1.807) is 0 Å². The predicted molar refractivity (Wildman–Crippen MR) is 113 cm³/mol. The molecule has 2 amide bonds. The Kier molecular flexibility index (Phi) is 8.66. The molecular formula is C21H27F5N4O4. The fourth-order valence-electron chi connectivity index (χ4n) is 3.94. The standard InChI is InChI=1S/C21H27F5N4O4/c22-20(23)34-17-8-14(30-6-7-33-11-18(30)31)4-5-15(17)28-19(32)16(9-27)29(12-21(24,25)26)10-13-2-1-3-13/h4-5,8,13,16,20H,1-3,6-7,9-12,27H2,(H,28,32)/t16-/m1/s1. The quantitative estimate of drug-likeness (QED) is 0.486. The van der Waals surface area contributed by atoms with E-state index in [2.05, 4.69) is 10.1 Å². The van der Waals surface area contributed by atoms with Gasteiger partial charge in [0, 0.05) is 31.4 Å². The van der Waals surface area contributed by atoms with E-state index in [0.717, 1.165) is 30.2 Å². The number of nitrogens with one attached hydrogen (secondary N) is 1. The van der Waals surface area contributed by atoms with Crippen LogP contribution in [0.15, 0.2) is 18.2 Å². The van der Waals surface area contributed by atoms with Crippen molar-refractivity contribution >= 4 is 23.2 Å². The Labute approximate surface area is 193 Å². The monoisotopic (exact) mass is 494 g/mol. The summed E-state index contributed by atoms with van der Waals surface area (Å²) in [5.41, 5.74) is 5.73. The zero-order valence-corrected chi connectivity index (χ0v) is 18.3. The number of ether oxygens (including phenoxy) is 2. The number of halogens is 5. The van der Waals surface area contributed by atoms with Gasteiger partial charge in [-0.2, -0.15) is 22.0 Å². The van der Waals surface area contributed by atoms with Crippen LogP contribution in [0.4, 0.5) is 33.3 Å². The highest BCUT2D eigenvalue weighted by molar-refractivity contribution is 5.98. The molecule has 1 saturated carbocycles. The number of carbonyl (C=O) groups is 2. The summed E-state index contributed by atoms with van der Waals surface area (Å²) in [5, 5.41) is 2.37. The molecule has 1 heterocycles. The van der Waals surface area contributed by atoms with Crippen LogP contribution in [0.2, 0.25) is 0 Å². The van der Waals surface area contributed by atoms with Gasteiger partial charge in [-0.3, -0.25) is 14.5 Å². The first-order chi connectivity index (χ1) is 16.1. The summed E-state index contributed by atoms with van der Waals surface area (Å²) in [6.07, 6.45) is -2.10. The molecule has 0 bridgehead atoms. The molecule has 0 aromatic heterocycles. The van der Waals surface area contributed by atoms with Gasteiger partial charge in [0.1, 0.15) is 12.6 Å². The van der Waals surface area contributed by atoms with Crippen molar-refractivity contribution in [1.29, 1.82) is 0 Å². The van der Waals surface area contributed by atoms with E-state index in [1.165, 1.54) is 17.0 Å². The van der Waals surface area contributed by atoms with Crippen LogP contribution in [0.1, 0.15) is 19.3 Å². The third kappa shape index (κ3) is 7.00. The number of nitrogens with two attached hydrogens (primary N) is 1. The fraction of sp³-hybridized carbons (Fsp3) is 0.619. The summed E-state index contributed by atoms with van der Waals surface area (Å²) >= 11 is 0. The van der Waals surface area contributed by atoms with Crippen LogP contribution < -0.4 is 20.7 Å². The molecule has 0 spiro atoms. The van der Waals surface area contributed by atoms with Crippen LogP contribution in [0.25, 0.3) is 0 Å². The van der Waals surface area contributed by atoms with E-state index >= 15 is 0 Å². The van der Waals surface area contributed by atoms with E-state index in [0.29, 0.717) is 0 Å². The van der Waals surface area contributed by atoms with Gasteiger partial charge in [0.15, 0.2) is 5.75 Å². The smallest absolute Gasteiger partial charge is 0.401 e. The number of hydrogen-bond acceptors (Lipinski definition) is 6. The maximum Gasteiger partial charge on any atom is 0.401 e. The van der Waals surface area contributed by atoms with E-state index in [1.807, 2.05) is 0 Å². The second-order valence-electron chi connectivity index (χ2n) is 8.24. The van der Waals surface area contributed by atoms with Gasteiger partial charge in [-0.05, 0) is 30.9 Å². The number of amides is 2. The van der Waals surface area contributed by atoms with Crippen molar-refractivity contribution in [2.45, 2.75) is 38.1 Å². The van der Waals surface area contributed by atoms with Crippen LogP contribution in [0.5, 0.6) is 5.75 Å². The lowest BCUT2D eigenvalue weighted by Gasteiger charge is -2.36. The molecule has 2 aliphatic rings. The van der Waals surface area contributed by atoms with Crippen molar-refractivity contribution in [2.75, 3.05) is 49.6 Å². The molecule has 1 aliphatic heterocycles. The molecule has 1 saturated heterocycles.